The van der Waals surface area contributed by atoms with Gasteiger partial charge in [0.05, 0.1) is 5.39 Å². The molecule has 2 aromatic rings. The van der Waals surface area contributed by atoms with Crippen molar-refractivity contribution in [1.82, 2.24) is 14.5 Å². The summed E-state index contributed by atoms with van der Waals surface area (Å²) in [7, 11) is 0. The Hall–Kier alpha value is -1.58. The maximum atomic E-state index is 6.16. The fourth-order valence-corrected chi connectivity index (χ4v) is 3.77. The lowest BCUT2D eigenvalue weighted by Gasteiger charge is -2.23. The van der Waals surface area contributed by atoms with Crippen molar-refractivity contribution in [1.29, 1.82) is 0 Å². The molecule has 2 N–H and O–H groups in total. The lowest BCUT2D eigenvalue weighted by molar-refractivity contribution is 0.374. The van der Waals surface area contributed by atoms with Gasteiger partial charge in [-0.3, -0.25) is 0 Å². The monoisotopic (exact) mass is 286 g/mol. The number of nitrogen functional groups attached to an aromatic ring is 1. The minimum Gasteiger partial charge on any atom is -0.383 e. The fourth-order valence-electron chi connectivity index (χ4n) is 3.77. The number of aryl methyl sites for hydroxylation is 2. The molecule has 0 bridgehead atoms. The highest BCUT2D eigenvalue weighted by atomic mass is 15.1. The van der Waals surface area contributed by atoms with Crippen molar-refractivity contribution in [2.75, 3.05) is 5.73 Å². The molecule has 1 saturated carbocycles. The van der Waals surface area contributed by atoms with E-state index in [1.54, 1.807) is 0 Å². The van der Waals surface area contributed by atoms with E-state index in [0.717, 1.165) is 16.9 Å². The van der Waals surface area contributed by atoms with Crippen LogP contribution in [0.3, 0.4) is 0 Å². The van der Waals surface area contributed by atoms with Gasteiger partial charge < -0.3 is 10.3 Å². The molecular weight excluding hydrogens is 260 g/mol. The van der Waals surface area contributed by atoms with Gasteiger partial charge in [-0.2, -0.15) is 0 Å². The molecule has 0 amide bonds. The molecule has 4 heteroatoms. The third-order valence-electron chi connectivity index (χ3n) is 4.98. The molecule has 4 nitrogen and oxygen atoms in total. The van der Waals surface area contributed by atoms with Crippen LogP contribution in [0.5, 0.6) is 0 Å². The summed E-state index contributed by atoms with van der Waals surface area (Å²) in [6.07, 6.45) is 9.28. The summed E-state index contributed by atoms with van der Waals surface area (Å²) in [6, 6.07) is 0.565. The predicted octanol–water partition coefficient (Wildman–Crippen LogP) is 4.22. The molecule has 0 spiro atoms. The summed E-state index contributed by atoms with van der Waals surface area (Å²) in [5, 5.41) is 1.06. The van der Waals surface area contributed by atoms with E-state index in [9.17, 15) is 0 Å². The van der Waals surface area contributed by atoms with Gasteiger partial charge in [-0.1, -0.05) is 32.1 Å². The normalized spacial score (nSPS) is 17.9. The molecule has 21 heavy (non-hydrogen) atoms. The highest BCUT2D eigenvalue weighted by Crippen LogP contribution is 2.35. The van der Waals surface area contributed by atoms with Crippen LogP contribution in [0.15, 0.2) is 0 Å². The third kappa shape index (κ3) is 2.52. The number of hydrogen-bond donors (Lipinski definition) is 1. The average Bonchev–Trinajstić information content (AvgIpc) is 2.62. The Labute approximate surface area is 126 Å². The SMILES string of the molecule is Cc1nc(N)c2c(C)c(C)n(C3CCCCCCC3)c2n1. The van der Waals surface area contributed by atoms with Gasteiger partial charge in [0, 0.05) is 11.7 Å². The van der Waals surface area contributed by atoms with Crippen LogP contribution >= 0.6 is 0 Å². The molecule has 1 fully saturated rings. The molecule has 0 atom stereocenters. The highest BCUT2D eigenvalue weighted by Gasteiger charge is 2.22. The Morgan fingerprint density at radius 3 is 2.24 bits per heavy atom. The Kier molecular flexibility index (Phi) is 3.87. The van der Waals surface area contributed by atoms with Crippen LogP contribution in [0, 0.1) is 20.8 Å². The lowest BCUT2D eigenvalue weighted by atomic mass is 9.96. The van der Waals surface area contributed by atoms with Crippen LogP contribution in [0.1, 0.15) is 68.1 Å². The molecule has 3 rings (SSSR count). The van der Waals surface area contributed by atoms with E-state index >= 15 is 0 Å². The first kappa shape index (κ1) is 14.4. The molecule has 114 valence electrons. The van der Waals surface area contributed by atoms with Crippen molar-refractivity contribution in [3.63, 3.8) is 0 Å². The molecular formula is C17H26N4. The molecule has 1 aliphatic carbocycles. The lowest BCUT2D eigenvalue weighted by Crippen LogP contribution is -2.13. The largest absolute Gasteiger partial charge is 0.383 e. The fraction of sp³-hybridized carbons (Fsp3) is 0.647. The maximum Gasteiger partial charge on any atom is 0.146 e. The zero-order valence-electron chi connectivity index (χ0n) is 13.4. The Balaban J connectivity index is 2.14. The van der Waals surface area contributed by atoms with Crippen molar-refractivity contribution in [3.8, 4) is 0 Å². The number of nitrogens with two attached hydrogens (primary N) is 1. The molecule has 0 unspecified atom stereocenters. The number of rotatable bonds is 1. The van der Waals surface area contributed by atoms with E-state index in [-0.39, 0.29) is 0 Å². The van der Waals surface area contributed by atoms with Crippen LogP contribution in [-0.2, 0) is 0 Å². The predicted molar refractivity (Wildman–Crippen MR) is 87.5 cm³/mol. The molecule has 0 aliphatic heterocycles. The first-order valence-corrected chi connectivity index (χ1v) is 8.21. The minimum absolute atomic E-state index is 0.565. The van der Waals surface area contributed by atoms with Crippen LogP contribution < -0.4 is 5.73 Å². The second-order valence-electron chi connectivity index (χ2n) is 6.43. The van der Waals surface area contributed by atoms with Crippen molar-refractivity contribution in [2.45, 2.75) is 71.8 Å². The van der Waals surface area contributed by atoms with Crippen LogP contribution in [-0.4, -0.2) is 14.5 Å². The third-order valence-corrected chi connectivity index (χ3v) is 4.98. The van der Waals surface area contributed by atoms with E-state index in [1.807, 2.05) is 6.92 Å². The van der Waals surface area contributed by atoms with Gasteiger partial charge in [0.1, 0.15) is 17.3 Å². The first-order chi connectivity index (χ1) is 10.1. The Morgan fingerprint density at radius 1 is 0.952 bits per heavy atom. The molecule has 1 aliphatic rings. The number of aromatic nitrogens is 3. The van der Waals surface area contributed by atoms with Gasteiger partial charge in [-0.25, -0.2) is 9.97 Å². The summed E-state index contributed by atoms with van der Waals surface area (Å²) in [6.45, 7) is 6.27. The van der Waals surface area contributed by atoms with E-state index in [1.165, 1.54) is 56.2 Å². The van der Waals surface area contributed by atoms with Crippen LogP contribution in [0.4, 0.5) is 5.82 Å². The molecule has 0 saturated heterocycles. The summed E-state index contributed by atoms with van der Waals surface area (Å²) in [5.74, 6) is 1.40. The maximum absolute atomic E-state index is 6.16. The minimum atomic E-state index is 0.565. The van der Waals surface area contributed by atoms with Crippen LogP contribution in [0.25, 0.3) is 11.0 Å². The highest BCUT2D eigenvalue weighted by molar-refractivity contribution is 5.91. The smallest absolute Gasteiger partial charge is 0.146 e. The zero-order chi connectivity index (χ0) is 15.0. The van der Waals surface area contributed by atoms with Gasteiger partial charge in [-0.05, 0) is 39.2 Å². The quantitative estimate of drug-likeness (QED) is 0.853. The Bertz CT molecular complexity index is 649. The van der Waals surface area contributed by atoms with Gasteiger partial charge in [0.15, 0.2) is 0 Å². The second kappa shape index (κ2) is 5.66. The summed E-state index contributed by atoms with van der Waals surface area (Å²) < 4.78 is 2.45. The van der Waals surface area contributed by atoms with Gasteiger partial charge in [-0.15, -0.1) is 0 Å². The standard InChI is InChI=1S/C17H26N4/c1-11-12(2)21(14-9-7-5-4-6-8-10-14)17-15(11)16(18)19-13(3)20-17/h14H,4-10H2,1-3H3,(H2,18,19,20). The van der Waals surface area contributed by atoms with Crippen molar-refractivity contribution >= 4 is 16.9 Å². The van der Waals surface area contributed by atoms with E-state index < -0.39 is 0 Å². The topological polar surface area (TPSA) is 56.7 Å². The molecule has 2 heterocycles. The van der Waals surface area contributed by atoms with E-state index in [0.29, 0.717) is 11.9 Å². The summed E-state index contributed by atoms with van der Waals surface area (Å²) >= 11 is 0. The number of hydrogen-bond acceptors (Lipinski definition) is 3. The van der Waals surface area contributed by atoms with Crippen molar-refractivity contribution in [3.05, 3.63) is 17.1 Å². The van der Waals surface area contributed by atoms with Gasteiger partial charge in [0.2, 0.25) is 0 Å². The number of nitrogens with zero attached hydrogens (tertiary/aromatic N) is 3. The molecule has 0 aromatic carbocycles. The first-order valence-electron chi connectivity index (χ1n) is 8.21. The second-order valence-corrected chi connectivity index (χ2v) is 6.43. The van der Waals surface area contributed by atoms with Crippen molar-refractivity contribution < 1.29 is 0 Å². The number of anilines is 1. The van der Waals surface area contributed by atoms with Crippen molar-refractivity contribution in [2.24, 2.45) is 0 Å². The summed E-state index contributed by atoms with van der Waals surface area (Å²) in [5.41, 5.74) is 9.75. The van der Waals surface area contributed by atoms with Crippen LogP contribution in [0.2, 0.25) is 0 Å². The van der Waals surface area contributed by atoms with E-state index in [4.69, 9.17) is 10.7 Å². The zero-order valence-corrected chi connectivity index (χ0v) is 13.4. The Morgan fingerprint density at radius 2 is 1.57 bits per heavy atom. The molecule has 2 aromatic heterocycles. The average molecular weight is 286 g/mol. The van der Waals surface area contributed by atoms with Gasteiger partial charge in [0.25, 0.3) is 0 Å². The number of fused-ring (bicyclic) bond motifs is 1. The van der Waals surface area contributed by atoms with E-state index in [2.05, 4.69) is 23.4 Å². The molecule has 0 radical (unpaired) electrons. The summed E-state index contributed by atoms with van der Waals surface area (Å²) in [4.78, 5) is 9.07. The van der Waals surface area contributed by atoms with Gasteiger partial charge >= 0.3 is 0 Å².